The second kappa shape index (κ2) is 7.34. The van der Waals surface area contributed by atoms with Crippen LogP contribution >= 0.6 is 0 Å². The Labute approximate surface area is 115 Å². The van der Waals surface area contributed by atoms with Crippen molar-refractivity contribution < 1.29 is 5.32 Å². The molecule has 1 heteroatoms. The van der Waals surface area contributed by atoms with Gasteiger partial charge in [0.2, 0.25) is 0 Å². The van der Waals surface area contributed by atoms with Gasteiger partial charge in [0, 0.05) is 0 Å². The fraction of sp³-hybridized carbons (Fsp3) is 0.111. The monoisotopic (exact) mass is 250 g/mol. The van der Waals surface area contributed by atoms with Gasteiger partial charge in [0.05, 0.1) is 13.1 Å². The fourth-order valence-corrected chi connectivity index (χ4v) is 2.05. The summed E-state index contributed by atoms with van der Waals surface area (Å²) in [5.74, 6) is 0. The average molecular weight is 250 g/mol. The highest BCUT2D eigenvalue weighted by molar-refractivity contribution is 5.79. The fourth-order valence-electron chi connectivity index (χ4n) is 2.05. The van der Waals surface area contributed by atoms with Gasteiger partial charge < -0.3 is 5.32 Å². The lowest BCUT2D eigenvalue weighted by Gasteiger charge is -2.08. The molecular weight excluding hydrogens is 230 g/mol. The van der Waals surface area contributed by atoms with Crippen LogP contribution in [0.4, 0.5) is 0 Å². The maximum atomic E-state index is 3.74. The van der Waals surface area contributed by atoms with Crippen LogP contribution in [0.15, 0.2) is 79.4 Å². The van der Waals surface area contributed by atoms with Crippen molar-refractivity contribution in [2.45, 2.75) is 0 Å². The predicted octanol–water partition coefficient (Wildman–Crippen LogP) is 2.87. The molecule has 2 N–H and O–H groups in total. The standard InChI is InChI=1S/C18H19N/c1-2-14-19-15-13-18(16-9-5-3-6-10-16)17-11-7-4-8-12-17/h2-13,19H,1,14-15H2/p+1. The molecule has 0 aliphatic heterocycles. The largest absolute Gasteiger partial charge is 0.340 e. The first-order valence-corrected chi connectivity index (χ1v) is 6.65. The SMILES string of the molecule is C=CC[NH2+]CC=C(c1ccccc1)c1ccccc1. The summed E-state index contributed by atoms with van der Waals surface area (Å²) in [5.41, 5.74) is 3.82. The van der Waals surface area contributed by atoms with Crippen LogP contribution in [-0.2, 0) is 0 Å². The molecular formula is C18H20N+. The van der Waals surface area contributed by atoms with E-state index in [0.29, 0.717) is 0 Å². The first-order chi connectivity index (χ1) is 9.42. The van der Waals surface area contributed by atoms with Crippen LogP contribution in [0.25, 0.3) is 5.57 Å². The van der Waals surface area contributed by atoms with E-state index < -0.39 is 0 Å². The molecule has 0 aromatic heterocycles. The number of hydrogen-bond acceptors (Lipinski definition) is 0. The second-order valence-corrected chi connectivity index (χ2v) is 4.40. The Morgan fingerprint density at radius 3 is 1.84 bits per heavy atom. The molecule has 0 saturated carbocycles. The molecule has 0 heterocycles. The molecule has 0 fully saturated rings. The van der Waals surface area contributed by atoms with Crippen LogP contribution in [0.2, 0.25) is 0 Å². The van der Waals surface area contributed by atoms with Gasteiger partial charge in [-0.05, 0) is 28.9 Å². The van der Waals surface area contributed by atoms with Gasteiger partial charge in [-0.2, -0.15) is 0 Å². The van der Waals surface area contributed by atoms with E-state index in [9.17, 15) is 0 Å². The van der Waals surface area contributed by atoms with E-state index in [-0.39, 0.29) is 0 Å². The number of nitrogens with two attached hydrogens (primary N) is 1. The van der Waals surface area contributed by atoms with E-state index in [4.69, 9.17) is 0 Å². The van der Waals surface area contributed by atoms with Gasteiger partial charge in [-0.25, -0.2) is 0 Å². The number of benzene rings is 2. The summed E-state index contributed by atoms with van der Waals surface area (Å²) < 4.78 is 0. The predicted molar refractivity (Wildman–Crippen MR) is 81.8 cm³/mol. The Morgan fingerprint density at radius 2 is 1.37 bits per heavy atom. The van der Waals surface area contributed by atoms with Crippen LogP contribution < -0.4 is 5.32 Å². The smallest absolute Gasteiger partial charge is 0.0954 e. The van der Waals surface area contributed by atoms with E-state index >= 15 is 0 Å². The summed E-state index contributed by atoms with van der Waals surface area (Å²) in [4.78, 5) is 0. The second-order valence-electron chi connectivity index (χ2n) is 4.40. The molecule has 0 atom stereocenters. The average Bonchev–Trinajstić information content (AvgIpc) is 2.49. The highest BCUT2D eigenvalue weighted by Gasteiger charge is 2.03. The lowest BCUT2D eigenvalue weighted by Crippen LogP contribution is -2.83. The first kappa shape index (κ1) is 13.3. The minimum Gasteiger partial charge on any atom is -0.340 e. The lowest BCUT2D eigenvalue weighted by molar-refractivity contribution is -0.636. The molecule has 0 spiro atoms. The molecule has 0 aliphatic rings. The zero-order valence-corrected chi connectivity index (χ0v) is 11.1. The van der Waals surface area contributed by atoms with Gasteiger partial charge in [-0.3, -0.25) is 0 Å². The van der Waals surface area contributed by atoms with Crippen LogP contribution in [0.5, 0.6) is 0 Å². The molecule has 0 amide bonds. The Bertz CT molecular complexity index is 485. The van der Waals surface area contributed by atoms with Gasteiger partial charge in [0.1, 0.15) is 0 Å². The summed E-state index contributed by atoms with van der Waals surface area (Å²) >= 11 is 0. The lowest BCUT2D eigenvalue weighted by atomic mass is 9.98. The van der Waals surface area contributed by atoms with E-state index in [1.807, 2.05) is 6.08 Å². The zero-order valence-electron chi connectivity index (χ0n) is 11.1. The molecule has 1 nitrogen and oxygen atoms in total. The Morgan fingerprint density at radius 1 is 0.842 bits per heavy atom. The van der Waals surface area contributed by atoms with Gasteiger partial charge in [0.25, 0.3) is 0 Å². The van der Waals surface area contributed by atoms with Crippen molar-refractivity contribution in [2.75, 3.05) is 13.1 Å². The van der Waals surface area contributed by atoms with E-state index in [2.05, 4.69) is 78.6 Å². The molecule has 0 aliphatic carbocycles. The van der Waals surface area contributed by atoms with Gasteiger partial charge in [-0.15, -0.1) is 0 Å². The van der Waals surface area contributed by atoms with Crippen molar-refractivity contribution in [1.29, 1.82) is 0 Å². The number of hydrogen-bond donors (Lipinski definition) is 1. The summed E-state index contributed by atoms with van der Waals surface area (Å²) in [5, 5.41) is 2.24. The van der Waals surface area contributed by atoms with E-state index in [1.165, 1.54) is 16.7 Å². The maximum Gasteiger partial charge on any atom is 0.0954 e. The molecule has 0 saturated heterocycles. The quantitative estimate of drug-likeness (QED) is 0.600. The molecule has 2 aromatic carbocycles. The van der Waals surface area contributed by atoms with Crippen LogP contribution in [0.1, 0.15) is 11.1 Å². The topological polar surface area (TPSA) is 16.6 Å². The van der Waals surface area contributed by atoms with E-state index in [0.717, 1.165) is 13.1 Å². The first-order valence-electron chi connectivity index (χ1n) is 6.65. The highest BCUT2D eigenvalue weighted by atomic mass is 14.8. The van der Waals surface area contributed by atoms with Crippen molar-refractivity contribution in [2.24, 2.45) is 0 Å². The van der Waals surface area contributed by atoms with Crippen molar-refractivity contribution in [3.05, 3.63) is 90.5 Å². The number of rotatable bonds is 6. The Kier molecular flexibility index (Phi) is 5.15. The van der Waals surface area contributed by atoms with Crippen LogP contribution in [-0.4, -0.2) is 13.1 Å². The highest BCUT2D eigenvalue weighted by Crippen LogP contribution is 2.22. The normalized spacial score (nSPS) is 9.89. The van der Waals surface area contributed by atoms with Crippen molar-refractivity contribution in [3.63, 3.8) is 0 Å². The van der Waals surface area contributed by atoms with Gasteiger partial charge >= 0.3 is 0 Å². The summed E-state index contributed by atoms with van der Waals surface area (Å²) in [6, 6.07) is 21.1. The number of quaternary nitrogens is 1. The Balaban J connectivity index is 2.26. The minimum atomic E-state index is 0.952. The third kappa shape index (κ3) is 3.94. The van der Waals surface area contributed by atoms with Crippen molar-refractivity contribution in [3.8, 4) is 0 Å². The summed E-state index contributed by atoms with van der Waals surface area (Å²) in [6.45, 7) is 5.66. The van der Waals surface area contributed by atoms with Crippen molar-refractivity contribution >= 4 is 5.57 Å². The van der Waals surface area contributed by atoms with Gasteiger partial charge in [0.15, 0.2) is 0 Å². The third-order valence-corrected chi connectivity index (χ3v) is 2.99. The van der Waals surface area contributed by atoms with Crippen LogP contribution in [0.3, 0.4) is 0 Å². The molecule has 0 unspecified atom stereocenters. The maximum absolute atomic E-state index is 3.74. The summed E-state index contributed by atoms with van der Waals surface area (Å²) in [7, 11) is 0. The molecule has 0 bridgehead atoms. The van der Waals surface area contributed by atoms with Crippen LogP contribution in [0, 0.1) is 0 Å². The molecule has 19 heavy (non-hydrogen) atoms. The minimum absolute atomic E-state index is 0.952. The molecule has 2 rings (SSSR count). The Hall–Kier alpha value is -2.12. The third-order valence-electron chi connectivity index (χ3n) is 2.99. The molecule has 2 aromatic rings. The van der Waals surface area contributed by atoms with E-state index in [1.54, 1.807) is 0 Å². The summed E-state index contributed by atoms with van der Waals surface area (Å²) in [6.07, 6.45) is 4.21. The molecule has 0 radical (unpaired) electrons. The molecule has 96 valence electrons. The van der Waals surface area contributed by atoms with Crippen molar-refractivity contribution in [1.82, 2.24) is 0 Å². The zero-order chi connectivity index (χ0) is 13.3. The van der Waals surface area contributed by atoms with Gasteiger partial charge in [-0.1, -0.05) is 67.2 Å².